The maximum absolute atomic E-state index is 11.4. The lowest BCUT2D eigenvalue weighted by Gasteiger charge is -2.38. The maximum Gasteiger partial charge on any atom is 0.217 e. The summed E-state index contributed by atoms with van der Waals surface area (Å²) in [5.74, 6) is -0.244. The van der Waals surface area contributed by atoms with Gasteiger partial charge in [-0.15, -0.1) is 0 Å². The van der Waals surface area contributed by atoms with Crippen molar-refractivity contribution in [2.24, 2.45) is 16.9 Å². The highest BCUT2D eigenvalue weighted by molar-refractivity contribution is 6.35. The molecule has 1 fully saturated rings. The first kappa shape index (κ1) is 16.6. The van der Waals surface area contributed by atoms with E-state index in [-0.39, 0.29) is 17.4 Å². The Balaban J connectivity index is 2.17. The Morgan fingerprint density at radius 3 is 2.48 bits per heavy atom. The SMILES string of the molecule is NC(=O)CC1(CC(N)c2ccc(Cl)cc2Cl)CCCCC1. The van der Waals surface area contributed by atoms with Crippen molar-refractivity contribution in [1.82, 2.24) is 0 Å². The predicted molar refractivity (Wildman–Crippen MR) is 87.3 cm³/mol. The molecule has 0 saturated heterocycles. The molecule has 0 aromatic heterocycles. The van der Waals surface area contributed by atoms with E-state index in [1.54, 1.807) is 12.1 Å². The minimum Gasteiger partial charge on any atom is -0.370 e. The van der Waals surface area contributed by atoms with Gasteiger partial charge in [0.15, 0.2) is 0 Å². The second-order valence-corrected chi connectivity index (χ2v) is 7.02. The number of carbonyl (C=O) groups excluding carboxylic acids is 1. The van der Waals surface area contributed by atoms with Crippen LogP contribution in [0.5, 0.6) is 0 Å². The lowest BCUT2D eigenvalue weighted by atomic mass is 9.67. The van der Waals surface area contributed by atoms with Crippen molar-refractivity contribution in [3.05, 3.63) is 33.8 Å². The monoisotopic (exact) mass is 328 g/mol. The largest absolute Gasteiger partial charge is 0.370 e. The van der Waals surface area contributed by atoms with Crippen molar-refractivity contribution >= 4 is 29.1 Å². The molecule has 0 radical (unpaired) electrons. The molecular weight excluding hydrogens is 307 g/mol. The van der Waals surface area contributed by atoms with E-state index in [0.717, 1.165) is 37.7 Å². The standard InChI is InChI=1S/C16H22Cl2N2O/c17-11-4-5-12(13(18)8-11)14(19)9-16(10-15(20)21)6-2-1-3-7-16/h4-5,8,14H,1-3,6-7,9-10,19H2,(H2,20,21). The number of halogens is 2. The minimum absolute atomic E-state index is 0.0769. The molecule has 1 unspecified atom stereocenters. The first-order valence-corrected chi connectivity index (χ1v) is 8.16. The van der Waals surface area contributed by atoms with E-state index in [9.17, 15) is 4.79 Å². The molecule has 1 aliphatic carbocycles. The minimum atomic E-state index is -0.244. The highest BCUT2D eigenvalue weighted by Gasteiger charge is 2.35. The van der Waals surface area contributed by atoms with Gasteiger partial charge in [-0.1, -0.05) is 48.5 Å². The number of benzene rings is 1. The van der Waals surface area contributed by atoms with E-state index in [2.05, 4.69) is 0 Å². The third kappa shape index (κ3) is 4.35. The average molecular weight is 329 g/mol. The van der Waals surface area contributed by atoms with Crippen molar-refractivity contribution in [2.45, 2.75) is 51.0 Å². The van der Waals surface area contributed by atoms with Crippen LogP contribution < -0.4 is 11.5 Å². The number of amides is 1. The van der Waals surface area contributed by atoms with Gasteiger partial charge in [0, 0.05) is 22.5 Å². The Labute approximate surface area is 136 Å². The molecule has 21 heavy (non-hydrogen) atoms. The fraction of sp³-hybridized carbons (Fsp3) is 0.562. The Morgan fingerprint density at radius 2 is 1.90 bits per heavy atom. The lowest BCUT2D eigenvalue weighted by Crippen LogP contribution is -2.33. The molecule has 1 atom stereocenters. The molecule has 1 amide bonds. The molecule has 5 heteroatoms. The van der Waals surface area contributed by atoms with Crippen molar-refractivity contribution in [2.75, 3.05) is 0 Å². The van der Waals surface area contributed by atoms with Crippen molar-refractivity contribution in [3.8, 4) is 0 Å². The van der Waals surface area contributed by atoms with Crippen LogP contribution in [0.25, 0.3) is 0 Å². The number of rotatable bonds is 5. The van der Waals surface area contributed by atoms with Gasteiger partial charge in [0.05, 0.1) is 0 Å². The molecule has 0 heterocycles. The Hall–Kier alpha value is -0.770. The molecule has 1 saturated carbocycles. The van der Waals surface area contributed by atoms with Crippen molar-refractivity contribution in [3.63, 3.8) is 0 Å². The molecule has 0 bridgehead atoms. The molecule has 0 aliphatic heterocycles. The van der Waals surface area contributed by atoms with Crippen LogP contribution in [0.1, 0.15) is 56.6 Å². The highest BCUT2D eigenvalue weighted by atomic mass is 35.5. The van der Waals surface area contributed by atoms with Gasteiger partial charge >= 0.3 is 0 Å². The van der Waals surface area contributed by atoms with E-state index in [0.29, 0.717) is 16.5 Å². The summed E-state index contributed by atoms with van der Waals surface area (Å²) in [5, 5.41) is 1.18. The number of hydrogen-bond acceptors (Lipinski definition) is 2. The van der Waals surface area contributed by atoms with Gasteiger partial charge in [-0.05, 0) is 42.4 Å². The molecular formula is C16H22Cl2N2O. The summed E-state index contributed by atoms with van der Waals surface area (Å²) in [6, 6.07) is 5.17. The van der Waals surface area contributed by atoms with Crippen LogP contribution in [0.2, 0.25) is 10.0 Å². The van der Waals surface area contributed by atoms with Gasteiger partial charge in [0.2, 0.25) is 5.91 Å². The molecule has 0 spiro atoms. The molecule has 1 aliphatic rings. The molecule has 1 aromatic carbocycles. The van der Waals surface area contributed by atoms with Crippen LogP contribution >= 0.6 is 23.2 Å². The summed E-state index contributed by atoms with van der Waals surface area (Å²) < 4.78 is 0. The molecule has 3 nitrogen and oxygen atoms in total. The van der Waals surface area contributed by atoms with Gasteiger partial charge in [-0.2, -0.15) is 0 Å². The van der Waals surface area contributed by atoms with Crippen molar-refractivity contribution < 1.29 is 4.79 Å². The van der Waals surface area contributed by atoms with E-state index in [4.69, 9.17) is 34.7 Å². The number of primary amides is 1. The number of nitrogens with two attached hydrogens (primary N) is 2. The first-order chi connectivity index (χ1) is 9.92. The fourth-order valence-electron chi connectivity index (χ4n) is 3.50. The summed E-state index contributed by atoms with van der Waals surface area (Å²) in [4.78, 5) is 11.4. The lowest BCUT2D eigenvalue weighted by molar-refractivity contribution is -0.121. The van der Waals surface area contributed by atoms with Crippen LogP contribution in [-0.2, 0) is 4.79 Å². The highest BCUT2D eigenvalue weighted by Crippen LogP contribution is 2.45. The predicted octanol–water partition coefficient (Wildman–Crippen LogP) is 4.21. The molecule has 4 N–H and O–H groups in total. The van der Waals surface area contributed by atoms with Crippen LogP contribution in [0.15, 0.2) is 18.2 Å². The number of hydrogen-bond donors (Lipinski definition) is 2. The molecule has 1 aromatic rings. The summed E-state index contributed by atoms with van der Waals surface area (Å²) >= 11 is 12.2. The van der Waals surface area contributed by atoms with E-state index in [1.807, 2.05) is 6.07 Å². The second kappa shape index (κ2) is 6.99. The van der Waals surface area contributed by atoms with Gasteiger partial charge in [-0.3, -0.25) is 4.79 Å². The Morgan fingerprint density at radius 1 is 1.24 bits per heavy atom. The first-order valence-electron chi connectivity index (χ1n) is 7.41. The van der Waals surface area contributed by atoms with Crippen molar-refractivity contribution in [1.29, 1.82) is 0 Å². The molecule has 116 valence electrons. The van der Waals surface area contributed by atoms with Gasteiger partial charge in [0.25, 0.3) is 0 Å². The molecule has 2 rings (SSSR count). The van der Waals surface area contributed by atoms with Gasteiger partial charge < -0.3 is 11.5 Å². The Kier molecular flexibility index (Phi) is 5.53. The third-order valence-electron chi connectivity index (χ3n) is 4.48. The second-order valence-electron chi connectivity index (χ2n) is 6.18. The zero-order chi connectivity index (χ0) is 15.5. The quantitative estimate of drug-likeness (QED) is 0.849. The zero-order valence-corrected chi connectivity index (χ0v) is 13.6. The van der Waals surface area contributed by atoms with Crippen LogP contribution in [0.4, 0.5) is 0 Å². The van der Waals surface area contributed by atoms with E-state index in [1.165, 1.54) is 6.42 Å². The average Bonchev–Trinajstić information content (AvgIpc) is 2.38. The van der Waals surface area contributed by atoms with E-state index < -0.39 is 0 Å². The summed E-state index contributed by atoms with van der Waals surface area (Å²) in [7, 11) is 0. The topological polar surface area (TPSA) is 69.1 Å². The normalized spacial score (nSPS) is 19.2. The van der Waals surface area contributed by atoms with Crippen LogP contribution in [-0.4, -0.2) is 5.91 Å². The summed E-state index contributed by atoms with van der Waals surface area (Å²) in [5.41, 5.74) is 12.6. The Bertz CT molecular complexity index is 513. The summed E-state index contributed by atoms with van der Waals surface area (Å²) in [6.45, 7) is 0. The zero-order valence-electron chi connectivity index (χ0n) is 12.1. The van der Waals surface area contributed by atoms with Crippen LogP contribution in [0.3, 0.4) is 0 Å². The van der Waals surface area contributed by atoms with E-state index >= 15 is 0 Å². The van der Waals surface area contributed by atoms with Gasteiger partial charge in [-0.25, -0.2) is 0 Å². The maximum atomic E-state index is 11.4. The number of carbonyl (C=O) groups is 1. The smallest absolute Gasteiger partial charge is 0.217 e. The third-order valence-corrected chi connectivity index (χ3v) is 5.04. The summed E-state index contributed by atoms with van der Waals surface area (Å²) in [6.07, 6.45) is 6.65. The van der Waals surface area contributed by atoms with Crippen LogP contribution in [0, 0.1) is 5.41 Å². The van der Waals surface area contributed by atoms with Gasteiger partial charge in [0.1, 0.15) is 0 Å². The fourth-order valence-corrected chi connectivity index (χ4v) is 4.05.